The predicted octanol–water partition coefficient (Wildman–Crippen LogP) is -0.878. The van der Waals surface area contributed by atoms with Gasteiger partial charge in [-0.25, -0.2) is 0 Å². The third kappa shape index (κ3) is 3.28. The highest BCUT2D eigenvalue weighted by Crippen LogP contribution is 1.84. The van der Waals surface area contributed by atoms with Crippen LogP contribution in [0.3, 0.4) is 0 Å². The van der Waals surface area contributed by atoms with Gasteiger partial charge in [0.15, 0.2) is 0 Å². The van der Waals surface area contributed by atoms with E-state index in [2.05, 4.69) is 5.32 Å². The molecule has 0 fully saturated rings. The Morgan fingerprint density at radius 2 is 2.22 bits per heavy atom. The van der Waals surface area contributed by atoms with Crippen LogP contribution in [-0.4, -0.2) is 12.3 Å². The van der Waals surface area contributed by atoms with Crippen LogP contribution in [0.15, 0.2) is 11.8 Å². The van der Waals surface area contributed by atoms with Gasteiger partial charge in [-0.3, -0.25) is 9.59 Å². The largest absolute Gasteiger partial charge is 0.366 e. The quantitative estimate of drug-likeness (QED) is 0.382. The minimum atomic E-state index is -0.538. The van der Waals surface area contributed by atoms with Crippen molar-refractivity contribution in [1.29, 1.82) is 0 Å². The Balaban J connectivity index is 3.83. The number of rotatable bonds is 3. The monoisotopic (exact) mass is 128 g/mol. The van der Waals surface area contributed by atoms with Gasteiger partial charge in [0.1, 0.15) is 0 Å². The standard InChI is InChI=1S/C5H8N2O2/c1-4(5(6)9)2-7-3-8/h2-3H,1H3,(H2,6,9)(H,7,8)/b4-2-. The van der Waals surface area contributed by atoms with Crippen LogP contribution in [0.2, 0.25) is 0 Å². The van der Waals surface area contributed by atoms with E-state index in [-0.39, 0.29) is 0 Å². The molecule has 9 heavy (non-hydrogen) atoms. The molecule has 2 amide bonds. The second kappa shape index (κ2) is 3.65. The Hall–Kier alpha value is -1.32. The van der Waals surface area contributed by atoms with Gasteiger partial charge < -0.3 is 11.1 Å². The van der Waals surface area contributed by atoms with Crippen LogP contribution in [0, 0.1) is 0 Å². The normalized spacial score (nSPS) is 10.6. The minimum absolute atomic E-state index is 0.321. The van der Waals surface area contributed by atoms with Gasteiger partial charge in [0.25, 0.3) is 0 Å². The Labute approximate surface area is 52.7 Å². The predicted molar refractivity (Wildman–Crippen MR) is 32.2 cm³/mol. The summed E-state index contributed by atoms with van der Waals surface area (Å²) in [6, 6.07) is 0. The van der Waals surface area contributed by atoms with E-state index >= 15 is 0 Å². The molecule has 4 nitrogen and oxygen atoms in total. The van der Waals surface area contributed by atoms with E-state index in [1.165, 1.54) is 13.1 Å². The molecule has 0 saturated heterocycles. The highest BCUT2D eigenvalue weighted by atomic mass is 16.1. The van der Waals surface area contributed by atoms with Crippen molar-refractivity contribution in [3.8, 4) is 0 Å². The zero-order valence-electron chi connectivity index (χ0n) is 5.05. The fraction of sp³-hybridized carbons (Fsp3) is 0.200. The van der Waals surface area contributed by atoms with Crippen molar-refractivity contribution < 1.29 is 9.59 Å². The lowest BCUT2D eigenvalue weighted by molar-refractivity contribution is -0.114. The molecule has 0 unspecified atom stereocenters. The van der Waals surface area contributed by atoms with Crippen LogP contribution in [0.25, 0.3) is 0 Å². The first-order chi connectivity index (χ1) is 4.18. The van der Waals surface area contributed by atoms with Gasteiger partial charge >= 0.3 is 0 Å². The maximum absolute atomic E-state index is 10.2. The Kier molecular flexibility index (Phi) is 3.12. The summed E-state index contributed by atoms with van der Waals surface area (Å²) in [7, 11) is 0. The van der Waals surface area contributed by atoms with Crippen molar-refractivity contribution in [2.75, 3.05) is 0 Å². The second-order valence-corrected chi connectivity index (χ2v) is 1.48. The number of hydrogen-bond acceptors (Lipinski definition) is 2. The molecular formula is C5H8N2O2. The number of carbonyl (C=O) groups excluding carboxylic acids is 2. The first-order valence-corrected chi connectivity index (χ1v) is 2.34. The lowest BCUT2D eigenvalue weighted by Crippen LogP contribution is -2.14. The number of carbonyl (C=O) groups is 2. The maximum Gasteiger partial charge on any atom is 0.245 e. The molecule has 3 N–H and O–H groups in total. The summed E-state index contributed by atoms with van der Waals surface area (Å²) >= 11 is 0. The maximum atomic E-state index is 10.2. The van der Waals surface area contributed by atoms with E-state index in [1.54, 1.807) is 0 Å². The van der Waals surface area contributed by atoms with Gasteiger partial charge in [-0.2, -0.15) is 0 Å². The Bertz CT molecular complexity index is 151. The highest BCUT2D eigenvalue weighted by molar-refractivity contribution is 5.91. The molecule has 0 heterocycles. The van der Waals surface area contributed by atoms with Crippen molar-refractivity contribution in [3.05, 3.63) is 11.8 Å². The first kappa shape index (κ1) is 7.68. The molecule has 0 radical (unpaired) electrons. The van der Waals surface area contributed by atoms with E-state index < -0.39 is 5.91 Å². The van der Waals surface area contributed by atoms with Crippen LogP contribution in [0.1, 0.15) is 6.92 Å². The third-order valence-corrected chi connectivity index (χ3v) is 0.757. The van der Waals surface area contributed by atoms with E-state index in [1.807, 2.05) is 0 Å². The fourth-order valence-corrected chi connectivity index (χ4v) is 0.230. The topological polar surface area (TPSA) is 72.2 Å². The van der Waals surface area contributed by atoms with Crippen LogP contribution in [0.5, 0.6) is 0 Å². The summed E-state index contributed by atoms with van der Waals surface area (Å²) < 4.78 is 0. The van der Waals surface area contributed by atoms with Gasteiger partial charge in [0.05, 0.1) is 0 Å². The zero-order chi connectivity index (χ0) is 7.28. The molecule has 0 atom stereocenters. The van der Waals surface area contributed by atoms with E-state index in [0.717, 1.165) is 0 Å². The summed E-state index contributed by atoms with van der Waals surface area (Å²) in [5.41, 5.74) is 5.13. The number of nitrogens with two attached hydrogens (primary N) is 1. The fourth-order valence-electron chi connectivity index (χ4n) is 0.230. The Morgan fingerprint density at radius 3 is 2.56 bits per heavy atom. The van der Waals surface area contributed by atoms with E-state index in [0.29, 0.717) is 12.0 Å². The summed E-state index contributed by atoms with van der Waals surface area (Å²) in [4.78, 5) is 19.8. The molecule has 0 spiro atoms. The molecule has 0 aromatic rings. The molecule has 0 aliphatic rings. The van der Waals surface area contributed by atoms with Crippen molar-refractivity contribution in [1.82, 2.24) is 5.32 Å². The van der Waals surface area contributed by atoms with Gasteiger partial charge in [0, 0.05) is 11.8 Å². The van der Waals surface area contributed by atoms with Crippen molar-refractivity contribution >= 4 is 12.3 Å². The molecule has 0 aromatic heterocycles. The van der Waals surface area contributed by atoms with Gasteiger partial charge in [-0.1, -0.05) is 0 Å². The number of hydrogen-bond donors (Lipinski definition) is 2. The van der Waals surface area contributed by atoms with Crippen molar-refractivity contribution in [2.45, 2.75) is 6.92 Å². The summed E-state index contributed by atoms with van der Waals surface area (Å²) in [5, 5.41) is 2.19. The Morgan fingerprint density at radius 1 is 1.67 bits per heavy atom. The lowest BCUT2D eigenvalue weighted by Gasteiger charge is -1.90. The molecular weight excluding hydrogens is 120 g/mol. The first-order valence-electron chi connectivity index (χ1n) is 2.34. The van der Waals surface area contributed by atoms with Crippen LogP contribution in [-0.2, 0) is 9.59 Å². The van der Waals surface area contributed by atoms with Crippen molar-refractivity contribution in [3.63, 3.8) is 0 Å². The zero-order valence-corrected chi connectivity index (χ0v) is 5.05. The SMILES string of the molecule is C/C(=C/NC=O)C(N)=O. The second-order valence-electron chi connectivity index (χ2n) is 1.48. The molecule has 0 aromatic carbocycles. The average molecular weight is 128 g/mol. The molecule has 50 valence electrons. The highest BCUT2D eigenvalue weighted by Gasteiger charge is 1.93. The van der Waals surface area contributed by atoms with E-state index in [4.69, 9.17) is 5.73 Å². The molecule has 0 bridgehead atoms. The average Bonchev–Trinajstić information content (AvgIpc) is 1.82. The van der Waals surface area contributed by atoms with Crippen molar-refractivity contribution in [2.24, 2.45) is 5.73 Å². The van der Waals surface area contributed by atoms with Gasteiger partial charge in [-0.05, 0) is 6.92 Å². The van der Waals surface area contributed by atoms with Gasteiger partial charge in [0.2, 0.25) is 12.3 Å². The minimum Gasteiger partial charge on any atom is -0.366 e. The summed E-state index contributed by atoms with van der Waals surface area (Å²) in [5.74, 6) is -0.538. The van der Waals surface area contributed by atoms with Crippen LogP contribution in [0.4, 0.5) is 0 Å². The molecule has 0 aliphatic carbocycles. The van der Waals surface area contributed by atoms with E-state index in [9.17, 15) is 9.59 Å². The van der Waals surface area contributed by atoms with Gasteiger partial charge in [-0.15, -0.1) is 0 Å². The number of primary amides is 1. The number of amides is 2. The van der Waals surface area contributed by atoms with Crippen LogP contribution < -0.4 is 11.1 Å². The lowest BCUT2D eigenvalue weighted by atomic mass is 10.3. The molecule has 0 aliphatic heterocycles. The molecule has 4 heteroatoms. The summed E-state index contributed by atoms with van der Waals surface area (Å²) in [6.45, 7) is 1.51. The number of nitrogens with one attached hydrogen (secondary N) is 1. The molecule has 0 saturated carbocycles. The summed E-state index contributed by atoms with van der Waals surface area (Å²) in [6.07, 6.45) is 1.71. The van der Waals surface area contributed by atoms with Crippen LogP contribution >= 0.6 is 0 Å². The molecule has 0 rings (SSSR count). The smallest absolute Gasteiger partial charge is 0.245 e. The third-order valence-electron chi connectivity index (χ3n) is 0.757.